The molecule has 0 aliphatic rings. The number of fused-ring (bicyclic) bond motifs is 6. The van der Waals surface area contributed by atoms with Gasteiger partial charge in [0.25, 0.3) is 0 Å². The third-order valence-corrected chi connectivity index (χ3v) is 17.4. The Morgan fingerprint density at radius 3 is 0.979 bits per heavy atom. The van der Waals surface area contributed by atoms with Crippen molar-refractivity contribution in [1.29, 1.82) is 42.1 Å². The zero-order valence-corrected chi connectivity index (χ0v) is 50.4. The van der Waals surface area contributed by atoms with Crippen molar-refractivity contribution < 1.29 is 0 Å². The van der Waals surface area contributed by atoms with Gasteiger partial charge in [0.15, 0.2) is 17.5 Å². The van der Waals surface area contributed by atoms with Crippen LogP contribution in [0.4, 0.5) is 0 Å². The molecule has 0 N–H and O–H groups in total. The minimum atomic E-state index is 0.338. The van der Waals surface area contributed by atoms with Crippen molar-refractivity contribution in [3.8, 4) is 150 Å². The van der Waals surface area contributed by atoms with Crippen LogP contribution in [0.15, 0.2) is 243 Å². The first kappa shape index (κ1) is 57.5. The van der Waals surface area contributed by atoms with Crippen LogP contribution >= 0.6 is 0 Å². The average Bonchev–Trinajstić information content (AvgIpc) is 1.56. The molecule has 0 aliphatic heterocycles. The minimum Gasteiger partial charge on any atom is -0.309 e. The molecule has 14 heteroatoms. The Balaban J connectivity index is 1.02. The maximum atomic E-state index is 10.5. The zero-order chi connectivity index (χ0) is 65.6. The summed E-state index contributed by atoms with van der Waals surface area (Å²) in [5.74, 6) is 1.29. The van der Waals surface area contributed by atoms with Crippen LogP contribution in [0.2, 0.25) is 0 Å². The van der Waals surface area contributed by atoms with E-state index in [4.69, 9.17) is 19.9 Å². The van der Waals surface area contributed by atoms with Crippen molar-refractivity contribution in [3.05, 3.63) is 287 Å². The monoisotopic (exact) mass is 1220 g/mol. The molecule has 4 aromatic heterocycles. The van der Waals surface area contributed by atoms with Gasteiger partial charge in [-0.25, -0.2) is 15.0 Å². The molecule has 14 nitrogen and oxygen atoms in total. The molecule has 0 amide bonds. The number of pyridine rings is 1. The van der Waals surface area contributed by atoms with E-state index in [2.05, 4.69) is 63.8 Å². The summed E-state index contributed by atoms with van der Waals surface area (Å²) >= 11 is 0. The molecule has 0 saturated heterocycles. The van der Waals surface area contributed by atoms with Crippen LogP contribution in [0.5, 0.6) is 0 Å². The summed E-state index contributed by atoms with van der Waals surface area (Å²) in [6.45, 7) is 0. The van der Waals surface area contributed by atoms with Crippen LogP contribution in [0.25, 0.3) is 145 Å². The van der Waals surface area contributed by atoms with E-state index in [0.717, 1.165) is 88.4 Å². The number of rotatable bonds is 10. The van der Waals surface area contributed by atoms with Gasteiger partial charge in [-0.2, -0.15) is 42.1 Å². The molecule has 15 rings (SSSR count). The van der Waals surface area contributed by atoms with E-state index < -0.39 is 0 Å². The highest BCUT2D eigenvalue weighted by molar-refractivity contribution is 6.14. The second kappa shape index (κ2) is 23.8. The molecule has 0 aliphatic carbocycles. The number of nitrogens with zero attached hydrogens (tertiary/aromatic N) is 14. The Hall–Kier alpha value is -14.9. The van der Waals surface area contributed by atoms with Gasteiger partial charge < -0.3 is 9.13 Å². The summed E-state index contributed by atoms with van der Waals surface area (Å²) in [7, 11) is 0. The van der Waals surface area contributed by atoms with Gasteiger partial charge in [-0.15, -0.1) is 0 Å². The van der Waals surface area contributed by atoms with Gasteiger partial charge in [-0.3, -0.25) is 4.98 Å². The Bertz CT molecular complexity index is 5880. The lowest BCUT2D eigenvalue weighted by Gasteiger charge is -2.19. The third kappa shape index (κ3) is 9.87. The predicted octanol–water partition coefficient (Wildman–Crippen LogP) is 17.8. The molecule has 0 fully saturated rings. The van der Waals surface area contributed by atoms with Crippen LogP contribution in [0.3, 0.4) is 0 Å². The van der Waals surface area contributed by atoms with Gasteiger partial charge in [0.05, 0.1) is 121 Å². The molecule has 0 bridgehead atoms. The maximum Gasteiger partial charge on any atom is 0.164 e. The van der Waals surface area contributed by atoms with Crippen LogP contribution in [-0.4, -0.2) is 29.1 Å². The number of hydrogen-bond acceptors (Lipinski definition) is 12. The van der Waals surface area contributed by atoms with E-state index in [1.807, 2.05) is 158 Å². The highest BCUT2D eigenvalue weighted by Crippen LogP contribution is 2.45. The van der Waals surface area contributed by atoms with E-state index in [1.54, 1.807) is 79.0 Å². The van der Waals surface area contributed by atoms with Crippen LogP contribution < -0.4 is 0 Å². The van der Waals surface area contributed by atoms with Crippen LogP contribution in [0, 0.1) is 90.6 Å². The van der Waals surface area contributed by atoms with E-state index in [9.17, 15) is 42.1 Å². The van der Waals surface area contributed by atoms with E-state index in [0.29, 0.717) is 101 Å². The van der Waals surface area contributed by atoms with E-state index >= 15 is 0 Å². The fourth-order valence-corrected chi connectivity index (χ4v) is 12.9. The molecule has 0 atom stereocenters. The van der Waals surface area contributed by atoms with E-state index in [1.165, 1.54) is 0 Å². The first-order chi connectivity index (χ1) is 47.2. The summed E-state index contributed by atoms with van der Waals surface area (Å²) in [5.41, 5.74) is 16.6. The van der Waals surface area contributed by atoms with Gasteiger partial charge in [-0.1, -0.05) is 109 Å². The second-order valence-corrected chi connectivity index (χ2v) is 22.7. The molecule has 0 saturated carbocycles. The molecule has 0 spiro atoms. The average molecular weight is 1220 g/mol. The topological polar surface area (TPSA) is 252 Å². The number of benzene rings is 11. The molecule has 15 aromatic rings. The SMILES string of the molecule is N#Cc1ccc(-c2ccc3c(c2)c2cc(-c4ccc(C#N)cc4C#N)ccc2n3-c2ccc(-c3nc(-c4ccccc4)nc(-c4ccccc4)n3)c(-c3cnccc3-n3c4ccc(-c5ccc(C#N)cc5C#N)cc4c4cc(-c5ccc(C#N)cc5C#N)ccc43)c2)c(C#N)c1. The fourth-order valence-electron chi connectivity index (χ4n) is 12.9. The fraction of sp³-hybridized carbons (Fsp3) is 0. The Labute approximate surface area is 549 Å². The molecule has 0 unspecified atom stereocenters. The lowest BCUT2D eigenvalue weighted by molar-refractivity contribution is 1.07. The van der Waals surface area contributed by atoms with Crippen molar-refractivity contribution in [1.82, 2.24) is 29.1 Å². The van der Waals surface area contributed by atoms with Gasteiger partial charge in [0.1, 0.15) is 0 Å². The molecule has 438 valence electrons. The van der Waals surface area contributed by atoms with Gasteiger partial charge in [0, 0.05) is 61.9 Å². The second-order valence-electron chi connectivity index (χ2n) is 22.7. The Morgan fingerprint density at radius 2 is 0.615 bits per heavy atom. The van der Waals surface area contributed by atoms with Crippen molar-refractivity contribution in [3.63, 3.8) is 0 Å². The molecular formula is C82H40N14. The van der Waals surface area contributed by atoms with Crippen molar-refractivity contribution in [2.45, 2.75) is 0 Å². The maximum absolute atomic E-state index is 10.5. The van der Waals surface area contributed by atoms with Crippen LogP contribution in [-0.2, 0) is 0 Å². The quantitative estimate of drug-likeness (QED) is 0.124. The summed E-state index contributed by atoms with van der Waals surface area (Å²) in [4.78, 5) is 20.6. The third-order valence-electron chi connectivity index (χ3n) is 17.4. The summed E-state index contributed by atoms with van der Waals surface area (Å²) in [6, 6.07) is 89.9. The molecule has 4 heterocycles. The lowest BCUT2D eigenvalue weighted by atomic mass is 9.95. The largest absolute Gasteiger partial charge is 0.309 e. The highest BCUT2D eigenvalue weighted by atomic mass is 15.0. The number of nitriles is 8. The predicted molar refractivity (Wildman–Crippen MR) is 368 cm³/mol. The summed E-state index contributed by atoms with van der Waals surface area (Å²) < 4.78 is 4.35. The van der Waals surface area contributed by atoms with E-state index in [-0.39, 0.29) is 0 Å². The van der Waals surface area contributed by atoms with Crippen molar-refractivity contribution in [2.75, 3.05) is 0 Å². The zero-order valence-electron chi connectivity index (χ0n) is 50.4. The normalized spacial score (nSPS) is 10.8. The molecule has 0 radical (unpaired) electrons. The molecule has 11 aromatic carbocycles. The van der Waals surface area contributed by atoms with Crippen LogP contribution in [0.1, 0.15) is 44.5 Å². The number of hydrogen-bond donors (Lipinski definition) is 0. The van der Waals surface area contributed by atoms with Crippen molar-refractivity contribution in [2.24, 2.45) is 0 Å². The Morgan fingerprint density at radius 1 is 0.260 bits per heavy atom. The highest BCUT2D eigenvalue weighted by Gasteiger charge is 2.25. The Kier molecular flexibility index (Phi) is 14.3. The minimum absolute atomic E-state index is 0.338. The summed E-state index contributed by atoms with van der Waals surface area (Å²) in [5, 5.41) is 84.4. The molecular weight excluding hydrogens is 1180 g/mol. The smallest absolute Gasteiger partial charge is 0.164 e. The first-order valence-electron chi connectivity index (χ1n) is 30.1. The summed E-state index contributed by atoms with van der Waals surface area (Å²) in [6.07, 6.45) is 3.58. The van der Waals surface area contributed by atoms with Gasteiger partial charge in [-0.05, 0) is 171 Å². The first-order valence-corrected chi connectivity index (χ1v) is 30.1. The number of aromatic nitrogens is 6. The van der Waals surface area contributed by atoms with Gasteiger partial charge >= 0.3 is 0 Å². The standard InChI is InChI=1S/C82H40N14/c83-40-49-11-20-64(59(31-49)44-87)55-15-25-75-70(35-55)71-36-56(65-21-12-50(41-84)32-60(65)45-88)16-26-76(71)95(75)63-19-24-68(82-93-80(53-7-3-1-4-8-53)92-81(94-82)54-9-5-2-6-10-54)69(39-63)74-48-91-30-29-79(74)96-77-27-17-57(66-22-13-51(42-85)33-61(66)46-89)37-72(77)73-38-58(18-28-78(73)96)67-23-14-52(43-86)34-62(67)47-90/h1-39,48H. The lowest BCUT2D eigenvalue weighted by Crippen LogP contribution is -2.04. The van der Waals surface area contributed by atoms with Crippen molar-refractivity contribution >= 4 is 43.6 Å². The van der Waals surface area contributed by atoms with Gasteiger partial charge in [0.2, 0.25) is 0 Å². The molecule has 96 heavy (non-hydrogen) atoms.